The summed E-state index contributed by atoms with van der Waals surface area (Å²) in [5.41, 5.74) is 2.03. The van der Waals surface area contributed by atoms with Crippen molar-refractivity contribution in [1.29, 1.82) is 0 Å². The van der Waals surface area contributed by atoms with E-state index in [1.165, 1.54) is 12.0 Å². The van der Waals surface area contributed by atoms with Gasteiger partial charge in [-0.1, -0.05) is 37.3 Å². The number of amides is 2. The Morgan fingerprint density at radius 1 is 1.06 bits per heavy atom. The minimum atomic E-state index is -0.908. The average molecular weight is 498 g/mol. The van der Waals surface area contributed by atoms with E-state index < -0.39 is 6.04 Å². The summed E-state index contributed by atoms with van der Waals surface area (Å²) >= 11 is 0. The van der Waals surface area contributed by atoms with Gasteiger partial charge in [-0.2, -0.15) is 0 Å². The summed E-state index contributed by atoms with van der Waals surface area (Å²) in [5.74, 6) is 0.856. The van der Waals surface area contributed by atoms with Gasteiger partial charge in [0.2, 0.25) is 11.8 Å². The summed E-state index contributed by atoms with van der Waals surface area (Å²) in [4.78, 5) is 28.8. The van der Waals surface area contributed by atoms with Crippen molar-refractivity contribution in [2.75, 3.05) is 41.0 Å². The molecule has 10 heteroatoms. The van der Waals surface area contributed by atoms with Crippen LogP contribution in [0.2, 0.25) is 0 Å². The Bertz CT molecular complexity index is 1160. The van der Waals surface area contributed by atoms with Gasteiger partial charge in [0.25, 0.3) is 0 Å². The van der Waals surface area contributed by atoms with E-state index in [0.29, 0.717) is 35.0 Å². The van der Waals surface area contributed by atoms with Crippen molar-refractivity contribution in [3.05, 3.63) is 48.0 Å². The molecule has 1 N–H and O–H groups in total. The van der Waals surface area contributed by atoms with E-state index in [9.17, 15) is 9.59 Å². The highest BCUT2D eigenvalue weighted by atomic mass is 16.5. The minimum absolute atomic E-state index is 0.0761. The van der Waals surface area contributed by atoms with E-state index >= 15 is 0 Å². The van der Waals surface area contributed by atoms with Crippen LogP contribution in [0.4, 0.5) is 0 Å². The van der Waals surface area contributed by atoms with Crippen molar-refractivity contribution >= 4 is 22.8 Å². The zero-order chi connectivity index (χ0) is 26.1. The molecule has 2 amide bonds. The van der Waals surface area contributed by atoms with Gasteiger partial charge < -0.3 is 24.4 Å². The number of methoxy groups -OCH3 is 3. The van der Waals surface area contributed by atoms with E-state index in [4.69, 9.17) is 14.2 Å². The molecule has 0 aliphatic carbocycles. The molecule has 2 aromatic carbocycles. The number of carbonyl (C=O) groups is 2. The number of benzene rings is 2. The highest BCUT2D eigenvalue weighted by Gasteiger charge is 2.32. The number of hydrogen-bond acceptors (Lipinski definition) is 7. The second-order valence-corrected chi connectivity index (χ2v) is 8.81. The molecule has 1 heterocycles. The van der Waals surface area contributed by atoms with E-state index in [2.05, 4.69) is 29.5 Å². The predicted octanol–water partition coefficient (Wildman–Crippen LogP) is 2.83. The molecule has 0 aliphatic heterocycles. The van der Waals surface area contributed by atoms with Crippen molar-refractivity contribution in [2.45, 2.75) is 32.9 Å². The summed E-state index contributed by atoms with van der Waals surface area (Å²) < 4.78 is 17.7. The molecule has 0 aliphatic rings. The summed E-state index contributed by atoms with van der Waals surface area (Å²) in [6.45, 7) is 5.07. The van der Waals surface area contributed by atoms with Crippen LogP contribution in [0.25, 0.3) is 11.0 Å². The number of hydrogen-bond donors (Lipinski definition) is 1. The SMILES string of the molecule is COCCN(C(=O)Cn1nnc2ccccc21)C(C(=O)NCCC(C)C)c1ccc(OC)c(OC)c1. The number of carbonyl (C=O) groups excluding carboxylic acids is 2. The van der Waals surface area contributed by atoms with Crippen LogP contribution in [0, 0.1) is 5.92 Å². The van der Waals surface area contributed by atoms with Crippen molar-refractivity contribution < 1.29 is 23.8 Å². The topological polar surface area (TPSA) is 108 Å². The summed E-state index contributed by atoms with van der Waals surface area (Å²) in [5, 5.41) is 11.3. The van der Waals surface area contributed by atoms with Gasteiger partial charge in [0, 0.05) is 20.2 Å². The Labute approximate surface area is 211 Å². The molecule has 3 rings (SSSR count). The molecule has 0 bridgehead atoms. The Balaban J connectivity index is 1.98. The molecule has 194 valence electrons. The van der Waals surface area contributed by atoms with Gasteiger partial charge in [-0.15, -0.1) is 5.10 Å². The molecule has 0 saturated heterocycles. The molecule has 0 fully saturated rings. The fourth-order valence-electron chi connectivity index (χ4n) is 3.92. The van der Waals surface area contributed by atoms with Crippen LogP contribution in [0.1, 0.15) is 31.9 Å². The highest BCUT2D eigenvalue weighted by Crippen LogP contribution is 2.32. The van der Waals surface area contributed by atoms with Crippen LogP contribution in [0.5, 0.6) is 11.5 Å². The second kappa shape index (κ2) is 12.9. The van der Waals surface area contributed by atoms with E-state index in [-0.39, 0.29) is 31.5 Å². The van der Waals surface area contributed by atoms with Crippen LogP contribution in [-0.2, 0) is 20.9 Å². The van der Waals surface area contributed by atoms with Crippen molar-refractivity contribution in [3.8, 4) is 11.5 Å². The lowest BCUT2D eigenvalue weighted by molar-refractivity contribution is -0.142. The quantitative estimate of drug-likeness (QED) is 0.387. The van der Waals surface area contributed by atoms with E-state index in [1.54, 1.807) is 37.1 Å². The van der Waals surface area contributed by atoms with Crippen molar-refractivity contribution in [1.82, 2.24) is 25.2 Å². The molecule has 36 heavy (non-hydrogen) atoms. The van der Waals surface area contributed by atoms with Gasteiger partial charge in [-0.25, -0.2) is 4.68 Å². The van der Waals surface area contributed by atoms with Crippen LogP contribution in [-0.4, -0.2) is 72.7 Å². The molecule has 0 radical (unpaired) electrons. The largest absolute Gasteiger partial charge is 0.493 e. The molecule has 1 unspecified atom stereocenters. The van der Waals surface area contributed by atoms with Crippen molar-refractivity contribution in [3.63, 3.8) is 0 Å². The molecular weight excluding hydrogens is 462 g/mol. The Morgan fingerprint density at radius 3 is 2.50 bits per heavy atom. The number of para-hydroxylation sites is 1. The first-order valence-electron chi connectivity index (χ1n) is 12.0. The maximum atomic E-state index is 13.7. The zero-order valence-corrected chi connectivity index (χ0v) is 21.6. The average Bonchev–Trinajstić information content (AvgIpc) is 3.28. The van der Waals surface area contributed by atoms with Crippen molar-refractivity contribution in [2.24, 2.45) is 5.92 Å². The van der Waals surface area contributed by atoms with Crippen LogP contribution >= 0.6 is 0 Å². The van der Waals surface area contributed by atoms with Gasteiger partial charge in [0.05, 0.1) is 26.3 Å². The number of nitrogens with zero attached hydrogens (tertiary/aromatic N) is 4. The molecule has 0 spiro atoms. The lowest BCUT2D eigenvalue weighted by Crippen LogP contribution is -2.46. The number of nitrogens with one attached hydrogen (secondary N) is 1. The smallest absolute Gasteiger partial charge is 0.247 e. The molecule has 3 aromatic rings. The lowest BCUT2D eigenvalue weighted by atomic mass is 10.0. The lowest BCUT2D eigenvalue weighted by Gasteiger charge is -2.31. The van der Waals surface area contributed by atoms with Crippen LogP contribution in [0.3, 0.4) is 0 Å². The molecule has 1 aromatic heterocycles. The van der Waals surface area contributed by atoms with Crippen LogP contribution in [0.15, 0.2) is 42.5 Å². The first-order chi connectivity index (χ1) is 17.4. The fourth-order valence-corrected chi connectivity index (χ4v) is 3.92. The Morgan fingerprint density at radius 2 is 1.81 bits per heavy atom. The normalized spacial score (nSPS) is 11.9. The Hall–Kier alpha value is -3.66. The van der Waals surface area contributed by atoms with E-state index in [1.807, 2.05) is 24.3 Å². The molecule has 10 nitrogen and oxygen atoms in total. The van der Waals surface area contributed by atoms with Gasteiger partial charge in [0.1, 0.15) is 18.1 Å². The maximum absolute atomic E-state index is 13.7. The third-order valence-electron chi connectivity index (χ3n) is 5.87. The first kappa shape index (κ1) is 26.9. The van der Waals surface area contributed by atoms with Gasteiger partial charge in [-0.05, 0) is 42.2 Å². The monoisotopic (exact) mass is 497 g/mol. The third kappa shape index (κ3) is 6.51. The minimum Gasteiger partial charge on any atom is -0.493 e. The molecular formula is C26H35N5O5. The molecule has 0 saturated carbocycles. The van der Waals surface area contributed by atoms with Gasteiger partial charge in [-0.3, -0.25) is 9.59 Å². The number of rotatable bonds is 13. The summed E-state index contributed by atoms with van der Waals surface area (Å²) in [6.07, 6.45) is 0.821. The number of aromatic nitrogens is 3. The van der Waals surface area contributed by atoms with E-state index in [0.717, 1.165) is 11.9 Å². The first-order valence-corrected chi connectivity index (χ1v) is 12.0. The second-order valence-electron chi connectivity index (χ2n) is 8.81. The maximum Gasteiger partial charge on any atom is 0.247 e. The van der Waals surface area contributed by atoms with Gasteiger partial charge in [0.15, 0.2) is 11.5 Å². The standard InChI is InChI=1S/C26H35N5O5/c1-18(2)12-13-27-26(33)25(19-10-11-22(35-4)23(16-19)36-5)30(14-15-34-3)24(32)17-31-21-9-7-6-8-20(21)28-29-31/h6-11,16,18,25H,12-15,17H2,1-5H3,(H,27,33). The van der Waals surface area contributed by atoms with Crippen LogP contribution < -0.4 is 14.8 Å². The summed E-state index contributed by atoms with van der Waals surface area (Å²) in [7, 11) is 4.63. The fraction of sp³-hybridized carbons (Fsp3) is 0.462. The van der Waals surface area contributed by atoms with Gasteiger partial charge >= 0.3 is 0 Å². The highest BCUT2D eigenvalue weighted by molar-refractivity contribution is 5.89. The number of ether oxygens (including phenoxy) is 3. The zero-order valence-electron chi connectivity index (χ0n) is 21.6. The third-order valence-corrected chi connectivity index (χ3v) is 5.87. The number of fused-ring (bicyclic) bond motifs is 1. The predicted molar refractivity (Wildman–Crippen MR) is 136 cm³/mol. The summed E-state index contributed by atoms with van der Waals surface area (Å²) in [6, 6.07) is 11.7. The molecule has 1 atom stereocenters. The Kier molecular flexibility index (Phi) is 9.63.